The Morgan fingerprint density at radius 2 is 2.18 bits per heavy atom. The molecule has 0 amide bonds. The number of thiophene rings is 1. The number of hydrogen-bond acceptors (Lipinski definition) is 3. The van der Waals surface area contributed by atoms with Crippen LogP contribution in [-0.2, 0) is 11.2 Å². The number of hydrogen-bond donors (Lipinski definition) is 1. The molecule has 0 saturated heterocycles. The first-order chi connectivity index (χ1) is 7.87. The van der Waals surface area contributed by atoms with Gasteiger partial charge >= 0.3 is 6.18 Å². The van der Waals surface area contributed by atoms with Crippen molar-refractivity contribution >= 4 is 27.3 Å². The third kappa shape index (κ3) is 7.03. The van der Waals surface area contributed by atoms with E-state index in [1.807, 2.05) is 11.4 Å². The Labute approximate surface area is 110 Å². The van der Waals surface area contributed by atoms with Gasteiger partial charge in [0, 0.05) is 27.8 Å². The Morgan fingerprint density at radius 1 is 1.47 bits per heavy atom. The first-order valence-corrected chi connectivity index (χ1v) is 6.59. The van der Waals surface area contributed by atoms with Gasteiger partial charge in [0.25, 0.3) is 0 Å². The van der Waals surface area contributed by atoms with Crippen molar-refractivity contribution in [1.82, 2.24) is 0 Å². The van der Waals surface area contributed by atoms with E-state index >= 15 is 0 Å². The van der Waals surface area contributed by atoms with Gasteiger partial charge in [0.2, 0.25) is 0 Å². The predicted molar refractivity (Wildman–Crippen MR) is 63.2 cm³/mol. The van der Waals surface area contributed by atoms with Crippen LogP contribution in [0.3, 0.4) is 0 Å². The van der Waals surface area contributed by atoms with Crippen molar-refractivity contribution in [3.05, 3.63) is 20.8 Å². The van der Waals surface area contributed by atoms with Crippen LogP contribution in [-0.4, -0.2) is 30.6 Å². The molecule has 1 N–H and O–H groups in total. The predicted octanol–water partition coefficient (Wildman–Crippen LogP) is 3.38. The molecule has 7 heteroatoms. The summed E-state index contributed by atoms with van der Waals surface area (Å²) in [7, 11) is 0. The lowest BCUT2D eigenvalue weighted by Crippen LogP contribution is -2.20. The SMILES string of the molecule is OC(CCOCC(F)(F)F)Cc1cc(Br)cs1. The molecule has 0 spiro atoms. The van der Waals surface area contributed by atoms with Crippen LogP contribution in [0.4, 0.5) is 13.2 Å². The van der Waals surface area contributed by atoms with Crippen molar-refractivity contribution in [3.8, 4) is 0 Å². The van der Waals surface area contributed by atoms with Crippen LogP contribution in [0.25, 0.3) is 0 Å². The van der Waals surface area contributed by atoms with Crippen LogP contribution in [0, 0.1) is 0 Å². The number of aliphatic hydroxyl groups excluding tert-OH is 1. The summed E-state index contributed by atoms with van der Waals surface area (Å²) in [5.74, 6) is 0. The molecule has 1 aromatic rings. The van der Waals surface area contributed by atoms with Crippen molar-refractivity contribution in [1.29, 1.82) is 0 Å². The summed E-state index contributed by atoms with van der Waals surface area (Å²) in [6.45, 7) is -1.35. The molecule has 0 radical (unpaired) electrons. The van der Waals surface area contributed by atoms with Crippen LogP contribution in [0.15, 0.2) is 15.9 Å². The van der Waals surface area contributed by atoms with Gasteiger partial charge in [-0.3, -0.25) is 0 Å². The zero-order chi connectivity index (χ0) is 12.9. The van der Waals surface area contributed by atoms with Crippen molar-refractivity contribution in [2.45, 2.75) is 25.1 Å². The second kappa shape index (κ2) is 6.72. The van der Waals surface area contributed by atoms with Crippen LogP contribution in [0.5, 0.6) is 0 Å². The Balaban J connectivity index is 2.15. The minimum atomic E-state index is -4.30. The van der Waals surface area contributed by atoms with Crippen LogP contribution < -0.4 is 0 Å². The van der Waals surface area contributed by atoms with E-state index in [1.165, 1.54) is 11.3 Å². The first kappa shape index (κ1) is 14.9. The molecule has 1 heterocycles. The smallest absolute Gasteiger partial charge is 0.393 e. The average Bonchev–Trinajstić information content (AvgIpc) is 2.57. The Bertz CT molecular complexity index is 341. The largest absolute Gasteiger partial charge is 0.411 e. The zero-order valence-corrected chi connectivity index (χ0v) is 11.2. The van der Waals surface area contributed by atoms with E-state index in [9.17, 15) is 18.3 Å². The lowest BCUT2D eigenvalue weighted by Gasteiger charge is -2.11. The number of halogens is 4. The lowest BCUT2D eigenvalue weighted by atomic mass is 10.2. The van der Waals surface area contributed by atoms with Crippen molar-refractivity contribution in [2.24, 2.45) is 0 Å². The highest BCUT2D eigenvalue weighted by Crippen LogP contribution is 2.21. The van der Waals surface area contributed by atoms with E-state index in [2.05, 4.69) is 20.7 Å². The summed E-state index contributed by atoms with van der Waals surface area (Å²) in [6, 6.07) is 1.88. The molecule has 1 atom stereocenters. The normalized spacial score (nSPS) is 13.9. The molecule has 98 valence electrons. The topological polar surface area (TPSA) is 29.5 Å². The number of alkyl halides is 3. The van der Waals surface area contributed by atoms with Gasteiger partial charge in [0.1, 0.15) is 6.61 Å². The maximum Gasteiger partial charge on any atom is 0.411 e. The summed E-state index contributed by atoms with van der Waals surface area (Å²) in [6.07, 6.45) is -4.34. The van der Waals surface area contributed by atoms with E-state index in [-0.39, 0.29) is 13.0 Å². The third-order valence-electron chi connectivity index (χ3n) is 1.92. The zero-order valence-electron chi connectivity index (χ0n) is 8.84. The number of rotatable bonds is 6. The Morgan fingerprint density at radius 3 is 2.71 bits per heavy atom. The average molecular weight is 333 g/mol. The fourth-order valence-electron chi connectivity index (χ4n) is 1.20. The van der Waals surface area contributed by atoms with Gasteiger partial charge in [0.05, 0.1) is 6.10 Å². The van der Waals surface area contributed by atoms with E-state index < -0.39 is 18.9 Å². The highest BCUT2D eigenvalue weighted by Gasteiger charge is 2.27. The minimum Gasteiger partial charge on any atom is -0.393 e. The molecule has 0 saturated carbocycles. The standard InChI is InChI=1S/C10H12BrF3O2S/c11-7-3-9(17-5-7)4-8(15)1-2-16-6-10(12,13)14/h3,5,8,15H,1-2,4,6H2. The van der Waals surface area contributed by atoms with E-state index in [1.54, 1.807) is 0 Å². The summed E-state index contributed by atoms with van der Waals surface area (Å²) in [4.78, 5) is 0.986. The van der Waals surface area contributed by atoms with Crippen molar-refractivity contribution in [3.63, 3.8) is 0 Å². The van der Waals surface area contributed by atoms with Crippen LogP contribution >= 0.6 is 27.3 Å². The molecule has 0 aliphatic carbocycles. The molecule has 0 bridgehead atoms. The molecule has 1 aromatic heterocycles. The molecular formula is C10H12BrF3O2S. The fourth-order valence-corrected chi connectivity index (χ4v) is 2.73. The van der Waals surface area contributed by atoms with Crippen LogP contribution in [0.2, 0.25) is 0 Å². The molecule has 2 nitrogen and oxygen atoms in total. The molecule has 1 unspecified atom stereocenters. The van der Waals surface area contributed by atoms with E-state index in [0.29, 0.717) is 6.42 Å². The van der Waals surface area contributed by atoms with E-state index in [4.69, 9.17) is 0 Å². The third-order valence-corrected chi connectivity index (χ3v) is 3.64. The molecule has 0 aromatic carbocycles. The molecule has 0 fully saturated rings. The second-order valence-corrected chi connectivity index (χ2v) is 5.46. The summed E-state index contributed by atoms with van der Waals surface area (Å²) in [5.41, 5.74) is 0. The van der Waals surface area contributed by atoms with Gasteiger partial charge in [-0.2, -0.15) is 13.2 Å². The van der Waals surface area contributed by atoms with Crippen molar-refractivity contribution < 1.29 is 23.0 Å². The Hall–Kier alpha value is -0.110. The van der Waals surface area contributed by atoms with Crippen LogP contribution in [0.1, 0.15) is 11.3 Å². The second-order valence-electron chi connectivity index (χ2n) is 3.55. The minimum absolute atomic E-state index is 0.0901. The maximum absolute atomic E-state index is 11.7. The van der Waals surface area contributed by atoms with Gasteiger partial charge in [-0.25, -0.2) is 0 Å². The molecule has 0 aliphatic heterocycles. The molecule has 0 aliphatic rings. The molecule has 17 heavy (non-hydrogen) atoms. The highest BCUT2D eigenvalue weighted by molar-refractivity contribution is 9.10. The van der Waals surface area contributed by atoms with Gasteiger partial charge < -0.3 is 9.84 Å². The molecular weight excluding hydrogens is 321 g/mol. The van der Waals surface area contributed by atoms with Gasteiger partial charge in [0.15, 0.2) is 0 Å². The quantitative estimate of drug-likeness (QED) is 0.809. The Kier molecular flexibility index (Phi) is 5.91. The van der Waals surface area contributed by atoms with Gasteiger partial charge in [-0.15, -0.1) is 11.3 Å². The maximum atomic E-state index is 11.7. The summed E-state index contributed by atoms with van der Waals surface area (Å²) in [5, 5.41) is 11.5. The first-order valence-electron chi connectivity index (χ1n) is 4.92. The summed E-state index contributed by atoms with van der Waals surface area (Å²) < 4.78 is 40.6. The van der Waals surface area contributed by atoms with E-state index in [0.717, 1.165) is 9.35 Å². The monoisotopic (exact) mass is 332 g/mol. The van der Waals surface area contributed by atoms with Gasteiger partial charge in [-0.1, -0.05) is 0 Å². The number of aliphatic hydroxyl groups is 1. The highest BCUT2D eigenvalue weighted by atomic mass is 79.9. The molecule has 1 rings (SSSR count). The van der Waals surface area contributed by atoms with Crippen molar-refractivity contribution in [2.75, 3.05) is 13.2 Å². The lowest BCUT2D eigenvalue weighted by molar-refractivity contribution is -0.175. The number of ether oxygens (including phenoxy) is 1. The fraction of sp³-hybridized carbons (Fsp3) is 0.600. The van der Waals surface area contributed by atoms with Gasteiger partial charge in [-0.05, 0) is 28.4 Å². The summed E-state index contributed by atoms with van der Waals surface area (Å²) >= 11 is 4.78.